The van der Waals surface area contributed by atoms with Gasteiger partial charge in [0.25, 0.3) is 0 Å². The van der Waals surface area contributed by atoms with Crippen LogP contribution >= 0.6 is 23.1 Å². The second-order valence-electron chi connectivity index (χ2n) is 8.68. The molecule has 1 saturated heterocycles. The van der Waals surface area contributed by atoms with E-state index in [9.17, 15) is 13.2 Å². The molecule has 0 radical (unpaired) electrons. The number of likely N-dealkylation sites (tertiary alicyclic amines) is 1. The number of nitrogens with zero attached hydrogens (tertiary/aromatic N) is 8. The Balaban J connectivity index is 1.10. The first-order valence-corrected chi connectivity index (χ1v) is 13.5. The Hall–Kier alpha value is -2.77. The summed E-state index contributed by atoms with van der Waals surface area (Å²) in [5.41, 5.74) is 1.63. The summed E-state index contributed by atoms with van der Waals surface area (Å²) in [7, 11) is 0. The molecule has 13 heteroatoms. The zero-order chi connectivity index (χ0) is 25.1. The van der Waals surface area contributed by atoms with Crippen molar-refractivity contribution in [2.45, 2.75) is 49.3 Å². The Labute approximate surface area is 214 Å². The maximum Gasteiger partial charge on any atom is 0.435 e. The number of thiazole rings is 1. The van der Waals surface area contributed by atoms with E-state index in [0.29, 0.717) is 30.5 Å². The van der Waals surface area contributed by atoms with Gasteiger partial charge in [-0.2, -0.15) is 23.0 Å². The van der Waals surface area contributed by atoms with Gasteiger partial charge in [-0.25, -0.2) is 4.98 Å². The fraction of sp³-hybridized carbons (Fsp3) is 0.435. The molecule has 0 aliphatic carbocycles. The Morgan fingerprint density at radius 3 is 2.61 bits per heavy atom. The zero-order valence-electron chi connectivity index (χ0n) is 19.6. The number of aryl methyl sites for hydroxylation is 1. The number of thioether (sulfide) groups is 1. The fourth-order valence-corrected chi connectivity index (χ4v) is 6.11. The monoisotopic (exact) mass is 534 g/mol. The molecule has 0 N–H and O–H groups in total. The van der Waals surface area contributed by atoms with Gasteiger partial charge < -0.3 is 4.90 Å². The van der Waals surface area contributed by atoms with E-state index < -0.39 is 11.9 Å². The number of piperidine rings is 1. The number of benzene rings is 1. The highest BCUT2D eigenvalue weighted by Gasteiger charge is 2.34. The molecule has 1 aliphatic rings. The van der Waals surface area contributed by atoms with Crippen molar-refractivity contribution >= 4 is 23.1 Å². The Kier molecular flexibility index (Phi) is 7.39. The molecule has 3 aromatic heterocycles. The molecule has 190 valence electrons. The van der Waals surface area contributed by atoms with Crippen molar-refractivity contribution in [3.63, 3.8) is 0 Å². The lowest BCUT2D eigenvalue weighted by Gasteiger charge is -2.31. The molecular formula is C23H25F3N8S2. The molecule has 0 saturated carbocycles. The van der Waals surface area contributed by atoms with Crippen LogP contribution in [0, 0.1) is 6.92 Å². The highest BCUT2D eigenvalue weighted by atomic mass is 32.2. The van der Waals surface area contributed by atoms with Gasteiger partial charge in [0.2, 0.25) is 5.16 Å². The number of aromatic nitrogens is 7. The molecule has 4 aromatic rings. The van der Waals surface area contributed by atoms with Gasteiger partial charge in [-0.3, -0.25) is 4.68 Å². The van der Waals surface area contributed by atoms with Crippen LogP contribution in [0.1, 0.15) is 40.8 Å². The molecule has 36 heavy (non-hydrogen) atoms. The number of hydrogen-bond acceptors (Lipinski definition) is 8. The normalized spacial score (nSPS) is 15.6. The molecule has 8 nitrogen and oxygen atoms in total. The minimum absolute atomic E-state index is 0.405. The van der Waals surface area contributed by atoms with Crippen LogP contribution in [0.5, 0.6) is 0 Å². The van der Waals surface area contributed by atoms with Crippen molar-refractivity contribution < 1.29 is 13.2 Å². The maximum absolute atomic E-state index is 12.9. The summed E-state index contributed by atoms with van der Waals surface area (Å²) in [6, 6.07) is 10.9. The molecule has 4 heterocycles. The third-order valence-corrected chi connectivity index (χ3v) is 8.21. The second kappa shape index (κ2) is 10.7. The van der Waals surface area contributed by atoms with E-state index >= 15 is 0 Å². The van der Waals surface area contributed by atoms with Crippen LogP contribution in [0.25, 0.3) is 5.69 Å². The van der Waals surface area contributed by atoms with E-state index in [4.69, 9.17) is 4.98 Å². The lowest BCUT2D eigenvalue weighted by atomic mass is 9.97. The molecule has 0 spiro atoms. The number of rotatable bonds is 8. The van der Waals surface area contributed by atoms with E-state index in [0.717, 1.165) is 53.5 Å². The molecule has 1 aromatic carbocycles. The highest BCUT2D eigenvalue weighted by Crippen LogP contribution is 2.32. The van der Waals surface area contributed by atoms with E-state index in [1.54, 1.807) is 34.7 Å². The van der Waals surface area contributed by atoms with Gasteiger partial charge in [0.15, 0.2) is 5.69 Å². The lowest BCUT2D eigenvalue weighted by molar-refractivity contribution is -0.141. The summed E-state index contributed by atoms with van der Waals surface area (Å²) < 4.78 is 41.8. The minimum atomic E-state index is -4.41. The van der Waals surface area contributed by atoms with E-state index in [-0.39, 0.29) is 0 Å². The number of para-hydroxylation sites is 1. The molecule has 0 amide bonds. The van der Waals surface area contributed by atoms with Crippen molar-refractivity contribution in [1.29, 1.82) is 0 Å². The molecule has 0 atom stereocenters. The van der Waals surface area contributed by atoms with Gasteiger partial charge in [0, 0.05) is 29.3 Å². The van der Waals surface area contributed by atoms with Crippen molar-refractivity contribution in [3.05, 3.63) is 63.9 Å². The van der Waals surface area contributed by atoms with Crippen LogP contribution in [0.2, 0.25) is 0 Å². The fourth-order valence-electron chi connectivity index (χ4n) is 4.23. The lowest BCUT2D eigenvalue weighted by Crippen LogP contribution is -2.35. The van der Waals surface area contributed by atoms with Crippen LogP contribution in [-0.2, 0) is 18.5 Å². The van der Waals surface area contributed by atoms with Crippen LogP contribution in [0.3, 0.4) is 0 Å². The summed E-state index contributed by atoms with van der Waals surface area (Å²) in [5.74, 6) is 1.09. The maximum atomic E-state index is 12.9. The third-order valence-electron chi connectivity index (χ3n) is 6.20. The Morgan fingerprint density at radius 2 is 1.89 bits per heavy atom. The first-order valence-electron chi connectivity index (χ1n) is 11.6. The second-order valence-corrected chi connectivity index (χ2v) is 10.5. The van der Waals surface area contributed by atoms with Crippen LogP contribution < -0.4 is 0 Å². The molecule has 0 bridgehead atoms. The average molecular weight is 535 g/mol. The first kappa shape index (κ1) is 24.9. The standard InChI is InChI=1S/C23H25F3N8S2/c1-16-13-20(23(24,25)26)29-33(16)12-11-32-9-7-17(8-10-32)21-27-18(14-35-21)15-36-22-28-30-31-34(22)19-5-3-2-4-6-19/h2-6,13-14,17H,7-12,15H2,1H3. The van der Waals surface area contributed by atoms with Gasteiger partial charge in [-0.15, -0.1) is 16.4 Å². The SMILES string of the molecule is Cc1cc(C(F)(F)F)nn1CCN1CCC(c2nc(CSc3nnnn3-c3ccccc3)cs2)CC1. The molecule has 0 unspecified atom stereocenters. The van der Waals surface area contributed by atoms with E-state index in [1.165, 1.54) is 4.68 Å². The van der Waals surface area contributed by atoms with Gasteiger partial charge in [0.05, 0.1) is 22.9 Å². The number of hydrogen-bond donors (Lipinski definition) is 0. The van der Waals surface area contributed by atoms with Crippen LogP contribution in [0.15, 0.2) is 46.9 Å². The summed E-state index contributed by atoms with van der Waals surface area (Å²) in [4.78, 5) is 7.16. The first-order chi connectivity index (χ1) is 17.4. The summed E-state index contributed by atoms with van der Waals surface area (Å²) in [6.07, 6.45) is -2.44. The van der Waals surface area contributed by atoms with Crippen LogP contribution in [-0.4, -0.2) is 59.5 Å². The smallest absolute Gasteiger partial charge is 0.301 e. The minimum Gasteiger partial charge on any atom is -0.301 e. The van der Waals surface area contributed by atoms with E-state index in [1.807, 2.05) is 30.3 Å². The highest BCUT2D eigenvalue weighted by molar-refractivity contribution is 7.98. The van der Waals surface area contributed by atoms with Gasteiger partial charge >= 0.3 is 6.18 Å². The molecular weight excluding hydrogens is 509 g/mol. The topological polar surface area (TPSA) is 77.6 Å². The summed E-state index contributed by atoms with van der Waals surface area (Å²) >= 11 is 3.25. The molecule has 1 aliphatic heterocycles. The van der Waals surface area contributed by atoms with E-state index in [2.05, 4.69) is 30.9 Å². The van der Waals surface area contributed by atoms with Crippen molar-refractivity contribution in [1.82, 2.24) is 39.9 Å². The van der Waals surface area contributed by atoms with Gasteiger partial charge in [-0.05, 0) is 61.5 Å². The summed E-state index contributed by atoms with van der Waals surface area (Å²) in [6.45, 7) is 4.59. The summed E-state index contributed by atoms with van der Waals surface area (Å²) in [5, 5.41) is 19.7. The average Bonchev–Trinajstić information content (AvgIpc) is 3.62. The predicted molar refractivity (Wildman–Crippen MR) is 131 cm³/mol. The Bertz CT molecular complexity index is 1280. The zero-order valence-corrected chi connectivity index (χ0v) is 21.2. The quantitative estimate of drug-likeness (QED) is 0.300. The van der Waals surface area contributed by atoms with Crippen molar-refractivity contribution in [2.75, 3.05) is 19.6 Å². The van der Waals surface area contributed by atoms with Crippen molar-refractivity contribution in [2.24, 2.45) is 0 Å². The van der Waals surface area contributed by atoms with Gasteiger partial charge in [0.1, 0.15) is 0 Å². The predicted octanol–water partition coefficient (Wildman–Crippen LogP) is 4.81. The number of tetrazole rings is 1. The number of halogens is 3. The largest absolute Gasteiger partial charge is 0.435 e. The molecule has 5 rings (SSSR count). The third kappa shape index (κ3) is 5.79. The molecule has 1 fully saturated rings. The van der Waals surface area contributed by atoms with Gasteiger partial charge in [-0.1, -0.05) is 30.0 Å². The Morgan fingerprint density at radius 1 is 1.11 bits per heavy atom. The van der Waals surface area contributed by atoms with Crippen molar-refractivity contribution in [3.8, 4) is 5.69 Å². The number of alkyl halides is 3. The van der Waals surface area contributed by atoms with Crippen LogP contribution in [0.4, 0.5) is 13.2 Å².